The van der Waals surface area contributed by atoms with E-state index in [0.29, 0.717) is 15.6 Å². The van der Waals surface area contributed by atoms with Gasteiger partial charge in [0.1, 0.15) is 0 Å². The van der Waals surface area contributed by atoms with Crippen LogP contribution in [0.2, 0.25) is 10.0 Å². The van der Waals surface area contributed by atoms with Crippen molar-refractivity contribution in [3.63, 3.8) is 0 Å². The lowest BCUT2D eigenvalue weighted by atomic mass is 10.2. The van der Waals surface area contributed by atoms with Gasteiger partial charge in [-0.2, -0.15) is 0 Å². The van der Waals surface area contributed by atoms with Gasteiger partial charge in [-0.25, -0.2) is 4.79 Å². The van der Waals surface area contributed by atoms with Crippen LogP contribution >= 0.6 is 23.2 Å². The van der Waals surface area contributed by atoms with Gasteiger partial charge in [0.25, 0.3) is 0 Å². The van der Waals surface area contributed by atoms with Gasteiger partial charge in [-0.15, -0.1) is 10.2 Å². The number of hydrogen-bond acceptors (Lipinski definition) is 4. The summed E-state index contributed by atoms with van der Waals surface area (Å²) in [5.74, 6) is -1.77. The van der Waals surface area contributed by atoms with Crippen LogP contribution in [0.3, 0.4) is 0 Å². The third-order valence-corrected chi connectivity index (χ3v) is 2.33. The number of benzene rings is 1. The predicted octanol–water partition coefficient (Wildman–Crippen LogP) is 2.74. The molecule has 0 amide bonds. The number of nitrogens with zero attached hydrogens (tertiary/aromatic N) is 2. The van der Waals surface area contributed by atoms with Crippen LogP contribution in [0.5, 0.6) is 0 Å². The highest BCUT2D eigenvalue weighted by Crippen LogP contribution is 2.29. The Kier molecular flexibility index (Phi) is 2.80. The van der Waals surface area contributed by atoms with E-state index in [-0.39, 0.29) is 5.89 Å². The molecule has 0 saturated carbocycles. The quantitative estimate of drug-likeness (QED) is 0.897. The van der Waals surface area contributed by atoms with Gasteiger partial charge in [0.2, 0.25) is 5.89 Å². The van der Waals surface area contributed by atoms with E-state index in [1.165, 1.54) is 6.07 Å². The van der Waals surface area contributed by atoms with Crippen molar-refractivity contribution in [2.45, 2.75) is 0 Å². The number of aromatic carboxylic acids is 1. The smallest absolute Gasteiger partial charge is 0.393 e. The van der Waals surface area contributed by atoms with Crippen LogP contribution in [-0.4, -0.2) is 21.3 Å². The minimum atomic E-state index is -1.29. The molecule has 1 aromatic heterocycles. The molecule has 0 aliphatic carbocycles. The Morgan fingerprint density at radius 2 is 2.06 bits per heavy atom. The molecule has 1 aromatic carbocycles. The molecule has 7 heteroatoms. The molecule has 2 rings (SSSR count). The van der Waals surface area contributed by atoms with Crippen molar-refractivity contribution in [3.05, 3.63) is 34.1 Å². The summed E-state index contributed by atoms with van der Waals surface area (Å²) in [7, 11) is 0. The average Bonchev–Trinajstić information content (AvgIpc) is 2.70. The molecular weight excluding hydrogens is 255 g/mol. The Labute approximate surface area is 99.6 Å². The number of aromatic nitrogens is 2. The molecule has 2 aromatic rings. The van der Waals surface area contributed by atoms with Crippen molar-refractivity contribution < 1.29 is 14.3 Å². The van der Waals surface area contributed by atoms with Crippen molar-refractivity contribution in [1.29, 1.82) is 0 Å². The van der Waals surface area contributed by atoms with Gasteiger partial charge in [-0.1, -0.05) is 23.2 Å². The maximum absolute atomic E-state index is 10.5. The van der Waals surface area contributed by atoms with Crippen LogP contribution in [0, 0.1) is 0 Å². The Bertz CT molecular complexity index is 553. The lowest BCUT2D eigenvalue weighted by Gasteiger charge is -1.98. The highest BCUT2D eigenvalue weighted by Gasteiger charge is 2.16. The first-order valence-electron chi connectivity index (χ1n) is 4.10. The molecule has 0 radical (unpaired) electrons. The maximum Gasteiger partial charge on any atom is 0.393 e. The monoisotopic (exact) mass is 258 g/mol. The number of hydrogen-bond donors (Lipinski definition) is 1. The summed E-state index contributed by atoms with van der Waals surface area (Å²) >= 11 is 11.7. The molecule has 0 aliphatic rings. The van der Waals surface area contributed by atoms with E-state index in [0.717, 1.165) is 0 Å². The summed E-state index contributed by atoms with van der Waals surface area (Å²) in [6, 6.07) is 4.68. The first-order chi connectivity index (χ1) is 7.58. The average molecular weight is 259 g/mol. The molecule has 16 heavy (non-hydrogen) atoms. The van der Waals surface area contributed by atoms with Crippen molar-refractivity contribution in [2.24, 2.45) is 0 Å². The van der Waals surface area contributed by atoms with Gasteiger partial charge in [-0.05, 0) is 18.2 Å². The normalized spacial score (nSPS) is 10.4. The van der Waals surface area contributed by atoms with E-state index in [2.05, 4.69) is 10.2 Å². The predicted molar refractivity (Wildman–Crippen MR) is 56.7 cm³/mol. The lowest BCUT2D eigenvalue weighted by molar-refractivity contribution is 0.0654. The summed E-state index contributed by atoms with van der Waals surface area (Å²) in [6.45, 7) is 0. The zero-order valence-corrected chi connectivity index (χ0v) is 9.16. The Morgan fingerprint density at radius 1 is 1.31 bits per heavy atom. The van der Waals surface area contributed by atoms with Gasteiger partial charge in [-0.3, -0.25) is 0 Å². The molecule has 5 nitrogen and oxygen atoms in total. The molecule has 82 valence electrons. The minimum absolute atomic E-state index is 0.0184. The SMILES string of the molecule is O=C(O)c1nnc(-c2cc(Cl)ccc2Cl)o1. The first kappa shape index (κ1) is 10.9. The van der Waals surface area contributed by atoms with Crippen LogP contribution in [0.1, 0.15) is 10.7 Å². The third kappa shape index (κ3) is 2.00. The molecule has 0 fully saturated rings. The number of carbonyl (C=O) groups is 1. The highest BCUT2D eigenvalue weighted by molar-refractivity contribution is 6.35. The second-order valence-corrected chi connectivity index (χ2v) is 3.69. The number of carboxylic acid groups (broad SMARTS) is 1. The molecule has 0 atom stereocenters. The fourth-order valence-corrected chi connectivity index (χ4v) is 1.45. The van der Waals surface area contributed by atoms with Gasteiger partial charge < -0.3 is 9.52 Å². The third-order valence-electron chi connectivity index (χ3n) is 1.77. The lowest BCUT2D eigenvalue weighted by Crippen LogP contribution is -1.95. The standard InChI is InChI=1S/C9H4Cl2N2O3/c10-4-1-2-6(11)5(3-4)7-12-13-8(16-7)9(14)15/h1-3H,(H,14,15). The summed E-state index contributed by atoms with van der Waals surface area (Å²) in [5, 5.41) is 16.3. The fraction of sp³-hybridized carbons (Fsp3) is 0. The van der Waals surface area contributed by atoms with Gasteiger partial charge in [0.05, 0.1) is 10.6 Å². The van der Waals surface area contributed by atoms with Gasteiger partial charge >= 0.3 is 11.9 Å². The fourth-order valence-electron chi connectivity index (χ4n) is 1.08. The second-order valence-electron chi connectivity index (χ2n) is 2.84. The van der Waals surface area contributed by atoms with Crippen LogP contribution in [0.25, 0.3) is 11.5 Å². The van der Waals surface area contributed by atoms with E-state index in [1.807, 2.05) is 0 Å². The second kappa shape index (κ2) is 4.11. The van der Waals surface area contributed by atoms with Crippen LogP contribution in [0.15, 0.2) is 22.6 Å². The number of rotatable bonds is 2. The summed E-state index contributed by atoms with van der Waals surface area (Å²) in [4.78, 5) is 10.5. The molecule has 1 N–H and O–H groups in total. The van der Waals surface area contributed by atoms with Crippen molar-refractivity contribution in [1.82, 2.24) is 10.2 Å². The molecule has 0 aliphatic heterocycles. The maximum atomic E-state index is 10.5. The van der Waals surface area contributed by atoms with E-state index < -0.39 is 11.9 Å². The van der Waals surface area contributed by atoms with Gasteiger partial charge in [0, 0.05) is 5.02 Å². The minimum Gasteiger partial charge on any atom is -0.474 e. The van der Waals surface area contributed by atoms with E-state index in [1.54, 1.807) is 12.1 Å². The van der Waals surface area contributed by atoms with Gasteiger partial charge in [0.15, 0.2) is 0 Å². The largest absolute Gasteiger partial charge is 0.474 e. The Hall–Kier alpha value is -1.59. The molecule has 0 saturated heterocycles. The number of carboxylic acids is 1. The summed E-state index contributed by atoms with van der Waals surface area (Å²) < 4.78 is 4.90. The zero-order valence-electron chi connectivity index (χ0n) is 7.65. The zero-order chi connectivity index (χ0) is 11.7. The van der Waals surface area contributed by atoms with E-state index >= 15 is 0 Å². The molecule has 0 unspecified atom stereocenters. The Morgan fingerprint density at radius 3 is 2.69 bits per heavy atom. The van der Waals surface area contributed by atoms with Crippen molar-refractivity contribution in [2.75, 3.05) is 0 Å². The Balaban J connectivity index is 2.50. The van der Waals surface area contributed by atoms with Crippen molar-refractivity contribution in [3.8, 4) is 11.5 Å². The number of halogens is 2. The van der Waals surface area contributed by atoms with E-state index in [4.69, 9.17) is 32.7 Å². The highest BCUT2D eigenvalue weighted by atomic mass is 35.5. The van der Waals surface area contributed by atoms with E-state index in [9.17, 15) is 4.79 Å². The topological polar surface area (TPSA) is 76.2 Å². The molecule has 1 heterocycles. The summed E-state index contributed by atoms with van der Waals surface area (Å²) in [5.41, 5.74) is 0.397. The molecule has 0 bridgehead atoms. The van der Waals surface area contributed by atoms with Crippen LogP contribution < -0.4 is 0 Å². The molecular formula is C9H4Cl2N2O3. The van der Waals surface area contributed by atoms with Crippen LogP contribution in [-0.2, 0) is 0 Å². The summed E-state index contributed by atoms with van der Waals surface area (Å²) in [6.07, 6.45) is 0. The first-order valence-corrected chi connectivity index (χ1v) is 4.86. The molecule has 0 spiro atoms. The van der Waals surface area contributed by atoms with Crippen molar-refractivity contribution >= 4 is 29.2 Å². The van der Waals surface area contributed by atoms with Crippen LogP contribution in [0.4, 0.5) is 0 Å².